The van der Waals surface area contributed by atoms with E-state index in [1.165, 1.54) is 12.1 Å². The van der Waals surface area contributed by atoms with Crippen molar-refractivity contribution in [1.82, 2.24) is 10.3 Å². The van der Waals surface area contributed by atoms with E-state index in [2.05, 4.69) is 10.3 Å². The predicted molar refractivity (Wildman–Crippen MR) is 83.7 cm³/mol. The van der Waals surface area contributed by atoms with Crippen LogP contribution < -0.4 is 11.1 Å². The molecule has 1 heterocycles. The molecule has 0 saturated heterocycles. The van der Waals surface area contributed by atoms with Gasteiger partial charge in [-0.25, -0.2) is 9.37 Å². The average molecular weight is 317 g/mol. The van der Waals surface area contributed by atoms with Gasteiger partial charge in [-0.05, 0) is 31.0 Å². The number of oxazole rings is 1. The van der Waals surface area contributed by atoms with Crippen molar-refractivity contribution in [3.8, 4) is 11.5 Å². The Hall–Kier alpha value is -2.21. The van der Waals surface area contributed by atoms with Crippen LogP contribution in [0.5, 0.6) is 0 Å². The maximum atomic E-state index is 13.2. The second-order valence-corrected chi connectivity index (χ2v) is 5.94. The lowest BCUT2D eigenvalue weighted by molar-refractivity contribution is -0.123. The molecule has 1 fully saturated rings. The Kier molecular flexibility index (Phi) is 4.71. The molecule has 0 aliphatic heterocycles. The van der Waals surface area contributed by atoms with E-state index in [9.17, 15) is 9.18 Å². The lowest BCUT2D eigenvalue weighted by atomic mass is 9.84. The molecule has 1 aliphatic rings. The first-order valence-corrected chi connectivity index (χ1v) is 7.86. The molecule has 122 valence electrons. The molecule has 0 radical (unpaired) electrons. The largest absolute Gasteiger partial charge is 0.444 e. The monoisotopic (exact) mass is 317 g/mol. The third-order valence-corrected chi connectivity index (χ3v) is 4.30. The predicted octanol–water partition coefficient (Wildman–Crippen LogP) is 2.61. The molecule has 5 nitrogen and oxygen atoms in total. The summed E-state index contributed by atoms with van der Waals surface area (Å²) in [4.78, 5) is 15.9. The van der Waals surface area contributed by atoms with Gasteiger partial charge < -0.3 is 15.5 Å². The van der Waals surface area contributed by atoms with Gasteiger partial charge in [0.1, 0.15) is 12.1 Å². The van der Waals surface area contributed by atoms with Crippen molar-refractivity contribution in [3.63, 3.8) is 0 Å². The minimum absolute atomic E-state index is 0.0792. The molecule has 1 amide bonds. The molecule has 1 aliphatic carbocycles. The van der Waals surface area contributed by atoms with Crippen molar-refractivity contribution in [3.05, 3.63) is 42.0 Å². The summed E-state index contributed by atoms with van der Waals surface area (Å²) in [5, 5.41) is 3.35. The minimum atomic E-state index is -0.327. The lowest BCUT2D eigenvalue weighted by Gasteiger charge is -2.29. The Balaban J connectivity index is 1.64. The number of amides is 1. The summed E-state index contributed by atoms with van der Waals surface area (Å²) in [7, 11) is 0. The van der Waals surface area contributed by atoms with Gasteiger partial charge in [-0.2, -0.15) is 0 Å². The van der Waals surface area contributed by atoms with Crippen LogP contribution in [0.15, 0.2) is 34.9 Å². The maximum absolute atomic E-state index is 13.2. The van der Waals surface area contributed by atoms with Crippen molar-refractivity contribution in [2.45, 2.75) is 38.3 Å². The molecule has 6 heteroatoms. The zero-order valence-electron chi connectivity index (χ0n) is 12.8. The van der Waals surface area contributed by atoms with E-state index in [0.717, 1.165) is 31.4 Å². The SMILES string of the molecule is NC(=O)[C@@H]1CCCC[C@@H]1NCc1coc(-c2cccc(F)c2)n1. The molecule has 0 bridgehead atoms. The van der Waals surface area contributed by atoms with Crippen LogP contribution in [0.1, 0.15) is 31.4 Å². The van der Waals surface area contributed by atoms with E-state index in [1.54, 1.807) is 18.4 Å². The van der Waals surface area contributed by atoms with Gasteiger partial charge in [-0.15, -0.1) is 0 Å². The van der Waals surface area contributed by atoms with Gasteiger partial charge >= 0.3 is 0 Å². The van der Waals surface area contributed by atoms with Crippen LogP contribution in [0.2, 0.25) is 0 Å². The van der Waals surface area contributed by atoms with Crippen LogP contribution in [0.25, 0.3) is 11.5 Å². The molecule has 23 heavy (non-hydrogen) atoms. The van der Waals surface area contributed by atoms with Crippen LogP contribution in [0.4, 0.5) is 4.39 Å². The van der Waals surface area contributed by atoms with E-state index in [0.29, 0.717) is 18.0 Å². The number of rotatable bonds is 5. The number of aromatic nitrogens is 1. The number of hydrogen-bond acceptors (Lipinski definition) is 4. The summed E-state index contributed by atoms with van der Waals surface area (Å²) in [6.45, 7) is 0.493. The Bertz CT molecular complexity index is 686. The quantitative estimate of drug-likeness (QED) is 0.888. The molecule has 2 atom stereocenters. The number of nitrogens with two attached hydrogens (primary N) is 1. The van der Waals surface area contributed by atoms with Crippen molar-refractivity contribution in [1.29, 1.82) is 0 Å². The fourth-order valence-electron chi connectivity index (χ4n) is 3.09. The molecule has 0 spiro atoms. The third-order valence-electron chi connectivity index (χ3n) is 4.30. The summed E-state index contributed by atoms with van der Waals surface area (Å²) in [6, 6.07) is 6.20. The first kappa shape index (κ1) is 15.7. The fourth-order valence-corrected chi connectivity index (χ4v) is 3.09. The highest BCUT2D eigenvalue weighted by atomic mass is 19.1. The van der Waals surface area contributed by atoms with Crippen molar-refractivity contribution < 1.29 is 13.6 Å². The Morgan fingerprint density at radius 3 is 3.00 bits per heavy atom. The van der Waals surface area contributed by atoms with Gasteiger partial charge in [0, 0.05) is 18.2 Å². The molecule has 1 aromatic heterocycles. The summed E-state index contributed by atoms with van der Waals surface area (Å²) in [6.07, 6.45) is 5.45. The van der Waals surface area contributed by atoms with Gasteiger partial charge in [0.15, 0.2) is 0 Å². The lowest BCUT2D eigenvalue weighted by Crippen LogP contribution is -2.44. The van der Waals surface area contributed by atoms with E-state index in [1.807, 2.05) is 0 Å². The highest BCUT2D eigenvalue weighted by molar-refractivity contribution is 5.77. The zero-order valence-corrected chi connectivity index (χ0v) is 12.8. The van der Waals surface area contributed by atoms with Gasteiger partial charge in [-0.3, -0.25) is 4.79 Å². The maximum Gasteiger partial charge on any atom is 0.226 e. The summed E-state index contributed by atoms with van der Waals surface area (Å²) >= 11 is 0. The molecule has 0 unspecified atom stereocenters. The van der Waals surface area contributed by atoms with E-state index >= 15 is 0 Å². The second kappa shape index (κ2) is 6.91. The number of benzene rings is 1. The Morgan fingerprint density at radius 1 is 1.39 bits per heavy atom. The van der Waals surface area contributed by atoms with Crippen LogP contribution in [-0.4, -0.2) is 16.9 Å². The van der Waals surface area contributed by atoms with E-state index < -0.39 is 0 Å². The minimum Gasteiger partial charge on any atom is -0.444 e. The number of halogens is 1. The number of primary amides is 1. The molecular weight excluding hydrogens is 297 g/mol. The van der Waals surface area contributed by atoms with Crippen LogP contribution >= 0.6 is 0 Å². The number of carbonyl (C=O) groups excluding carboxylic acids is 1. The summed E-state index contributed by atoms with van der Waals surface area (Å²) in [5.74, 6) is -0.315. The summed E-state index contributed by atoms with van der Waals surface area (Å²) in [5.41, 5.74) is 6.79. The number of carbonyl (C=O) groups is 1. The number of nitrogens with zero attached hydrogens (tertiary/aromatic N) is 1. The Labute approximate surface area is 134 Å². The molecule has 1 saturated carbocycles. The topological polar surface area (TPSA) is 81.2 Å². The van der Waals surface area contributed by atoms with Crippen LogP contribution in [0, 0.1) is 11.7 Å². The van der Waals surface area contributed by atoms with Crippen LogP contribution in [-0.2, 0) is 11.3 Å². The second-order valence-electron chi connectivity index (χ2n) is 5.94. The van der Waals surface area contributed by atoms with Gasteiger partial charge in [-0.1, -0.05) is 18.9 Å². The normalized spacial score (nSPS) is 21.3. The average Bonchev–Trinajstić information content (AvgIpc) is 3.02. The Morgan fingerprint density at radius 2 is 2.22 bits per heavy atom. The number of hydrogen-bond donors (Lipinski definition) is 2. The van der Waals surface area contributed by atoms with E-state index in [-0.39, 0.29) is 23.7 Å². The van der Waals surface area contributed by atoms with Crippen LogP contribution in [0.3, 0.4) is 0 Å². The van der Waals surface area contributed by atoms with Crippen molar-refractivity contribution in [2.75, 3.05) is 0 Å². The first-order chi connectivity index (χ1) is 11.1. The zero-order chi connectivity index (χ0) is 16.2. The molecule has 3 rings (SSSR count). The van der Waals surface area contributed by atoms with Gasteiger partial charge in [0.2, 0.25) is 11.8 Å². The number of nitrogens with one attached hydrogen (secondary N) is 1. The smallest absolute Gasteiger partial charge is 0.226 e. The highest BCUT2D eigenvalue weighted by Gasteiger charge is 2.29. The van der Waals surface area contributed by atoms with Crippen molar-refractivity contribution >= 4 is 5.91 Å². The standard InChI is InChI=1S/C17H20FN3O2/c18-12-5-3-4-11(8-12)17-21-13(10-23-17)9-20-15-7-2-1-6-14(15)16(19)22/h3-5,8,10,14-15,20H,1-2,6-7,9H2,(H2,19,22)/t14-,15+/m1/s1. The highest BCUT2D eigenvalue weighted by Crippen LogP contribution is 2.25. The molecule has 1 aromatic carbocycles. The molecule has 2 aromatic rings. The van der Waals surface area contributed by atoms with Gasteiger partial charge in [0.05, 0.1) is 11.6 Å². The third kappa shape index (κ3) is 3.76. The van der Waals surface area contributed by atoms with E-state index in [4.69, 9.17) is 10.2 Å². The van der Waals surface area contributed by atoms with Crippen molar-refractivity contribution in [2.24, 2.45) is 11.7 Å². The fraction of sp³-hybridized carbons (Fsp3) is 0.412. The molecular formula is C17H20FN3O2. The summed E-state index contributed by atoms with van der Waals surface area (Å²) < 4.78 is 18.7. The molecule has 3 N–H and O–H groups in total. The van der Waals surface area contributed by atoms with Gasteiger partial charge in [0.25, 0.3) is 0 Å². The first-order valence-electron chi connectivity index (χ1n) is 7.86.